The summed E-state index contributed by atoms with van der Waals surface area (Å²) in [5.41, 5.74) is 3.45. The molecule has 0 bridgehead atoms. The minimum Gasteiger partial charge on any atom is -0.360 e. The van der Waals surface area contributed by atoms with Gasteiger partial charge in [0.15, 0.2) is 0 Å². The van der Waals surface area contributed by atoms with Gasteiger partial charge in [-0.3, -0.25) is 0 Å². The molecule has 0 aliphatic rings. The fourth-order valence-electron chi connectivity index (χ4n) is 1.22. The standard InChI is InChI=1S/C12H17N/c1-9(2)11-6-5-7-12(8-11)13-10(3)4/h5-9,13H,3H2,1-2,4H3. The molecule has 0 saturated heterocycles. The van der Waals surface area contributed by atoms with Crippen LogP contribution in [0.1, 0.15) is 32.3 Å². The van der Waals surface area contributed by atoms with E-state index in [1.165, 1.54) is 5.56 Å². The fraction of sp³-hybridized carbons (Fsp3) is 0.333. The van der Waals surface area contributed by atoms with E-state index in [1.807, 2.05) is 6.92 Å². The molecule has 1 N–H and O–H groups in total. The van der Waals surface area contributed by atoms with Crippen molar-refractivity contribution in [1.82, 2.24) is 0 Å². The lowest BCUT2D eigenvalue weighted by Crippen LogP contribution is -1.95. The van der Waals surface area contributed by atoms with E-state index in [1.54, 1.807) is 0 Å². The summed E-state index contributed by atoms with van der Waals surface area (Å²) in [4.78, 5) is 0. The zero-order valence-corrected chi connectivity index (χ0v) is 8.59. The highest BCUT2D eigenvalue weighted by Gasteiger charge is 1.99. The molecule has 0 radical (unpaired) electrons. The fourth-order valence-corrected chi connectivity index (χ4v) is 1.22. The monoisotopic (exact) mass is 175 g/mol. The Hall–Kier alpha value is -1.24. The van der Waals surface area contributed by atoms with Gasteiger partial charge in [-0.15, -0.1) is 0 Å². The average Bonchev–Trinajstić information content (AvgIpc) is 2.03. The normalized spacial score (nSPS) is 10.2. The molecule has 0 aliphatic carbocycles. The molecule has 70 valence electrons. The van der Waals surface area contributed by atoms with Crippen molar-refractivity contribution in [2.45, 2.75) is 26.7 Å². The Bertz CT molecular complexity index is 300. The van der Waals surface area contributed by atoms with Crippen molar-refractivity contribution in [2.24, 2.45) is 0 Å². The lowest BCUT2D eigenvalue weighted by molar-refractivity contribution is 0.867. The summed E-state index contributed by atoms with van der Waals surface area (Å²) in [7, 11) is 0. The largest absolute Gasteiger partial charge is 0.360 e. The molecule has 1 nitrogen and oxygen atoms in total. The van der Waals surface area contributed by atoms with E-state index >= 15 is 0 Å². The van der Waals surface area contributed by atoms with Crippen LogP contribution in [0.25, 0.3) is 0 Å². The SMILES string of the molecule is C=C(C)Nc1cccc(C(C)C)c1. The van der Waals surface area contributed by atoms with Gasteiger partial charge in [-0.2, -0.15) is 0 Å². The molecule has 1 aromatic carbocycles. The molecule has 1 aromatic rings. The lowest BCUT2D eigenvalue weighted by atomic mass is 10.0. The molecule has 0 heterocycles. The maximum atomic E-state index is 3.81. The zero-order valence-electron chi connectivity index (χ0n) is 8.59. The van der Waals surface area contributed by atoms with E-state index in [-0.39, 0.29) is 0 Å². The number of nitrogens with one attached hydrogen (secondary N) is 1. The zero-order chi connectivity index (χ0) is 9.84. The van der Waals surface area contributed by atoms with E-state index in [0.29, 0.717) is 5.92 Å². The van der Waals surface area contributed by atoms with Crippen LogP contribution in [0.2, 0.25) is 0 Å². The second-order valence-electron chi connectivity index (χ2n) is 3.69. The van der Waals surface area contributed by atoms with Crippen molar-refractivity contribution in [1.29, 1.82) is 0 Å². The number of hydrogen-bond donors (Lipinski definition) is 1. The summed E-state index contributed by atoms with van der Waals surface area (Å²) in [5.74, 6) is 0.576. The minimum absolute atomic E-state index is 0.576. The Kier molecular flexibility index (Phi) is 3.13. The van der Waals surface area contributed by atoms with E-state index in [2.05, 4.69) is 50.0 Å². The Balaban J connectivity index is 2.85. The Morgan fingerprint density at radius 3 is 2.62 bits per heavy atom. The molecule has 0 saturated carbocycles. The maximum absolute atomic E-state index is 3.81. The highest BCUT2D eigenvalue weighted by molar-refractivity contribution is 5.49. The van der Waals surface area contributed by atoms with E-state index in [4.69, 9.17) is 0 Å². The second kappa shape index (κ2) is 4.13. The smallest absolute Gasteiger partial charge is 0.0384 e. The van der Waals surface area contributed by atoms with Crippen LogP contribution < -0.4 is 5.32 Å². The highest BCUT2D eigenvalue weighted by Crippen LogP contribution is 2.19. The van der Waals surface area contributed by atoms with Gasteiger partial charge < -0.3 is 5.32 Å². The number of rotatable bonds is 3. The molecule has 0 spiro atoms. The molecular weight excluding hydrogens is 158 g/mol. The Morgan fingerprint density at radius 1 is 1.38 bits per heavy atom. The molecule has 1 heteroatoms. The van der Waals surface area contributed by atoms with E-state index < -0.39 is 0 Å². The van der Waals surface area contributed by atoms with E-state index in [9.17, 15) is 0 Å². The molecule has 0 aliphatic heterocycles. The summed E-state index contributed by atoms with van der Waals surface area (Å²) in [6.45, 7) is 10.2. The first-order valence-corrected chi connectivity index (χ1v) is 4.62. The third kappa shape index (κ3) is 2.94. The summed E-state index contributed by atoms with van der Waals surface area (Å²) in [6.07, 6.45) is 0. The average molecular weight is 175 g/mol. The first-order chi connectivity index (χ1) is 6.09. The van der Waals surface area contributed by atoms with Crippen LogP contribution in [0, 0.1) is 0 Å². The van der Waals surface area contributed by atoms with Crippen LogP contribution in [0.3, 0.4) is 0 Å². The van der Waals surface area contributed by atoms with Crippen LogP contribution >= 0.6 is 0 Å². The molecular formula is C12H17N. The van der Waals surface area contributed by atoms with Gasteiger partial charge in [-0.25, -0.2) is 0 Å². The molecule has 0 amide bonds. The van der Waals surface area contributed by atoms with Gasteiger partial charge in [0, 0.05) is 11.4 Å². The third-order valence-electron chi connectivity index (χ3n) is 1.91. The predicted molar refractivity (Wildman–Crippen MR) is 59.0 cm³/mol. The topological polar surface area (TPSA) is 12.0 Å². The molecule has 0 atom stereocenters. The molecule has 0 aromatic heterocycles. The number of benzene rings is 1. The van der Waals surface area contributed by atoms with Gasteiger partial charge in [0.1, 0.15) is 0 Å². The van der Waals surface area contributed by atoms with Gasteiger partial charge in [0.2, 0.25) is 0 Å². The van der Waals surface area contributed by atoms with Gasteiger partial charge in [0.25, 0.3) is 0 Å². The summed E-state index contributed by atoms with van der Waals surface area (Å²) >= 11 is 0. The molecule has 13 heavy (non-hydrogen) atoms. The van der Waals surface area contributed by atoms with Crippen LogP contribution in [-0.4, -0.2) is 0 Å². The van der Waals surface area contributed by atoms with Crippen molar-refractivity contribution in [3.8, 4) is 0 Å². The molecule has 0 fully saturated rings. The Morgan fingerprint density at radius 2 is 2.08 bits per heavy atom. The first kappa shape index (κ1) is 9.85. The first-order valence-electron chi connectivity index (χ1n) is 4.62. The van der Waals surface area contributed by atoms with Gasteiger partial charge in [-0.1, -0.05) is 32.6 Å². The van der Waals surface area contributed by atoms with Crippen molar-refractivity contribution in [3.05, 3.63) is 42.1 Å². The van der Waals surface area contributed by atoms with Crippen molar-refractivity contribution in [3.63, 3.8) is 0 Å². The lowest BCUT2D eigenvalue weighted by Gasteiger charge is -2.09. The highest BCUT2D eigenvalue weighted by atomic mass is 14.9. The van der Waals surface area contributed by atoms with Gasteiger partial charge in [-0.05, 0) is 30.5 Å². The number of anilines is 1. The molecule has 0 unspecified atom stereocenters. The minimum atomic E-state index is 0.576. The van der Waals surface area contributed by atoms with Gasteiger partial charge in [0.05, 0.1) is 0 Å². The summed E-state index contributed by atoms with van der Waals surface area (Å²) in [6, 6.07) is 8.44. The quantitative estimate of drug-likeness (QED) is 0.737. The predicted octanol–water partition coefficient (Wildman–Crippen LogP) is 3.76. The number of hydrogen-bond acceptors (Lipinski definition) is 1. The summed E-state index contributed by atoms with van der Waals surface area (Å²) < 4.78 is 0. The summed E-state index contributed by atoms with van der Waals surface area (Å²) in [5, 5.41) is 3.21. The van der Waals surface area contributed by atoms with Crippen molar-refractivity contribution >= 4 is 5.69 Å². The third-order valence-corrected chi connectivity index (χ3v) is 1.91. The maximum Gasteiger partial charge on any atom is 0.0384 e. The molecule has 1 rings (SSSR count). The van der Waals surface area contributed by atoms with Gasteiger partial charge >= 0.3 is 0 Å². The number of allylic oxidation sites excluding steroid dienone is 1. The van der Waals surface area contributed by atoms with Crippen LogP contribution in [0.4, 0.5) is 5.69 Å². The van der Waals surface area contributed by atoms with E-state index in [0.717, 1.165) is 11.4 Å². The van der Waals surface area contributed by atoms with Crippen LogP contribution in [0.15, 0.2) is 36.5 Å². The van der Waals surface area contributed by atoms with Crippen molar-refractivity contribution in [2.75, 3.05) is 5.32 Å². The van der Waals surface area contributed by atoms with Crippen LogP contribution in [0.5, 0.6) is 0 Å². The Labute approximate surface area is 80.5 Å². The van der Waals surface area contributed by atoms with Crippen LogP contribution in [-0.2, 0) is 0 Å². The van der Waals surface area contributed by atoms with Crippen molar-refractivity contribution < 1.29 is 0 Å². The second-order valence-corrected chi connectivity index (χ2v) is 3.69.